The molecule has 0 saturated heterocycles. The summed E-state index contributed by atoms with van der Waals surface area (Å²) in [5, 5.41) is 3.04. The number of nitrogens with two attached hydrogens (primary N) is 1. The average molecular weight is 216 g/mol. The van der Waals surface area contributed by atoms with Gasteiger partial charge in [0.25, 0.3) is 0 Å². The Labute approximate surface area is 93.3 Å². The molecule has 0 aliphatic carbocycles. The summed E-state index contributed by atoms with van der Waals surface area (Å²) in [4.78, 5) is 8.17. The molecule has 0 bridgehead atoms. The number of anilines is 3. The first-order valence-electron chi connectivity index (χ1n) is 4.76. The molecule has 0 unspecified atom stereocenters. The van der Waals surface area contributed by atoms with E-state index >= 15 is 0 Å². The lowest BCUT2D eigenvalue weighted by Crippen LogP contribution is -1.97. The van der Waals surface area contributed by atoms with Crippen LogP contribution in [0.25, 0.3) is 0 Å². The topological polar surface area (TPSA) is 73.1 Å². The summed E-state index contributed by atoms with van der Waals surface area (Å²) in [5.41, 5.74) is 7.20. The Hall–Kier alpha value is -2.30. The predicted molar refractivity (Wildman–Crippen MR) is 62.7 cm³/mol. The Morgan fingerprint density at radius 1 is 1.25 bits per heavy atom. The highest BCUT2D eigenvalue weighted by Crippen LogP contribution is 2.16. The lowest BCUT2D eigenvalue weighted by Gasteiger charge is -2.05. The summed E-state index contributed by atoms with van der Waals surface area (Å²) < 4.78 is 4.97. The molecule has 0 aliphatic rings. The van der Waals surface area contributed by atoms with Crippen molar-refractivity contribution >= 4 is 17.3 Å². The van der Waals surface area contributed by atoms with E-state index in [2.05, 4.69) is 15.3 Å². The molecule has 0 aliphatic heterocycles. The van der Waals surface area contributed by atoms with Crippen LogP contribution in [0.1, 0.15) is 0 Å². The van der Waals surface area contributed by atoms with Gasteiger partial charge in [-0.3, -0.25) is 0 Å². The molecule has 0 saturated carbocycles. The van der Waals surface area contributed by atoms with Crippen molar-refractivity contribution in [1.82, 2.24) is 9.97 Å². The van der Waals surface area contributed by atoms with Crippen molar-refractivity contribution in [2.24, 2.45) is 0 Å². The summed E-state index contributed by atoms with van der Waals surface area (Å²) in [6, 6.07) is 7.39. The highest BCUT2D eigenvalue weighted by Gasteiger charge is 1.98. The molecule has 0 atom stereocenters. The van der Waals surface area contributed by atoms with E-state index in [0.717, 1.165) is 5.69 Å². The first kappa shape index (κ1) is 10.2. The van der Waals surface area contributed by atoms with Crippen LogP contribution < -0.4 is 15.8 Å². The summed E-state index contributed by atoms with van der Waals surface area (Å²) in [6.07, 6.45) is 3.20. The van der Waals surface area contributed by atoms with Crippen LogP contribution in [0.2, 0.25) is 0 Å². The fourth-order valence-corrected chi connectivity index (χ4v) is 1.23. The fraction of sp³-hybridized carbons (Fsp3) is 0.0909. The molecule has 5 nitrogen and oxygen atoms in total. The minimum absolute atomic E-state index is 0.506. The predicted octanol–water partition coefficient (Wildman–Crippen LogP) is 1.81. The summed E-state index contributed by atoms with van der Waals surface area (Å²) in [7, 11) is 1.57. The number of hydrogen-bond acceptors (Lipinski definition) is 5. The molecule has 5 heteroatoms. The third-order valence-corrected chi connectivity index (χ3v) is 2.01. The van der Waals surface area contributed by atoms with Gasteiger partial charge in [-0.2, -0.15) is 0 Å². The van der Waals surface area contributed by atoms with Crippen molar-refractivity contribution in [3.63, 3.8) is 0 Å². The Kier molecular flexibility index (Phi) is 2.86. The van der Waals surface area contributed by atoms with Gasteiger partial charge < -0.3 is 15.8 Å². The molecular weight excluding hydrogens is 204 g/mol. The van der Waals surface area contributed by atoms with Crippen LogP contribution in [0, 0.1) is 0 Å². The third-order valence-electron chi connectivity index (χ3n) is 2.01. The van der Waals surface area contributed by atoms with E-state index < -0.39 is 0 Å². The third kappa shape index (κ3) is 2.38. The molecule has 0 amide bonds. The Morgan fingerprint density at radius 3 is 2.62 bits per heavy atom. The molecule has 1 aromatic heterocycles. The zero-order chi connectivity index (χ0) is 11.4. The maximum atomic E-state index is 5.66. The summed E-state index contributed by atoms with van der Waals surface area (Å²) in [5.74, 6) is 1.13. The van der Waals surface area contributed by atoms with Crippen molar-refractivity contribution in [2.45, 2.75) is 0 Å². The van der Waals surface area contributed by atoms with Gasteiger partial charge >= 0.3 is 0 Å². The summed E-state index contributed by atoms with van der Waals surface area (Å²) in [6.45, 7) is 0. The van der Waals surface area contributed by atoms with Crippen LogP contribution in [0.5, 0.6) is 5.75 Å². The number of nitrogens with one attached hydrogen (secondary N) is 1. The van der Waals surface area contributed by atoms with Crippen LogP contribution >= 0.6 is 0 Å². The number of hydrogen-bond donors (Lipinski definition) is 2. The maximum Gasteiger partial charge on any atom is 0.227 e. The zero-order valence-corrected chi connectivity index (χ0v) is 8.84. The van der Waals surface area contributed by atoms with Crippen LogP contribution in [0.15, 0.2) is 36.7 Å². The van der Waals surface area contributed by atoms with Gasteiger partial charge in [-0.05, 0) is 18.2 Å². The number of nitrogen functional groups attached to an aromatic ring is 1. The van der Waals surface area contributed by atoms with Crippen LogP contribution in [-0.2, 0) is 0 Å². The number of nitrogens with zero attached hydrogens (tertiary/aromatic N) is 2. The molecule has 1 aromatic carbocycles. The molecule has 0 radical (unpaired) electrons. The number of aromatic nitrogens is 2. The van der Waals surface area contributed by atoms with Crippen molar-refractivity contribution in [1.29, 1.82) is 0 Å². The van der Waals surface area contributed by atoms with E-state index in [1.54, 1.807) is 19.5 Å². The number of ether oxygens (including phenoxy) is 1. The SMILES string of the molecule is COc1cnc(Nc2cccc(N)c2)nc1. The smallest absolute Gasteiger partial charge is 0.227 e. The summed E-state index contributed by atoms with van der Waals surface area (Å²) >= 11 is 0. The molecule has 0 spiro atoms. The molecule has 1 heterocycles. The number of benzene rings is 1. The van der Waals surface area contributed by atoms with Crippen molar-refractivity contribution in [2.75, 3.05) is 18.2 Å². The fourth-order valence-electron chi connectivity index (χ4n) is 1.23. The van der Waals surface area contributed by atoms with E-state index in [1.165, 1.54) is 0 Å². The van der Waals surface area contributed by atoms with Gasteiger partial charge in [0.05, 0.1) is 19.5 Å². The van der Waals surface area contributed by atoms with E-state index in [4.69, 9.17) is 10.5 Å². The Bertz CT molecular complexity index is 470. The van der Waals surface area contributed by atoms with Gasteiger partial charge in [0, 0.05) is 11.4 Å². The minimum Gasteiger partial charge on any atom is -0.494 e. The van der Waals surface area contributed by atoms with Crippen LogP contribution in [0.3, 0.4) is 0 Å². The maximum absolute atomic E-state index is 5.66. The zero-order valence-electron chi connectivity index (χ0n) is 8.84. The van der Waals surface area contributed by atoms with Crippen LogP contribution in [0.4, 0.5) is 17.3 Å². The van der Waals surface area contributed by atoms with Crippen molar-refractivity contribution in [3.05, 3.63) is 36.7 Å². The number of methoxy groups -OCH3 is 1. The van der Waals surface area contributed by atoms with E-state index in [-0.39, 0.29) is 0 Å². The van der Waals surface area contributed by atoms with E-state index in [9.17, 15) is 0 Å². The van der Waals surface area contributed by atoms with Gasteiger partial charge in [0.2, 0.25) is 5.95 Å². The van der Waals surface area contributed by atoms with Gasteiger partial charge in [-0.25, -0.2) is 9.97 Å². The first-order valence-corrected chi connectivity index (χ1v) is 4.76. The van der Waals surface area contributed by atoms with E-state index in [0.29, 0.717) is 17.4 Å². The molecule has 3 N–H and O–H groups in total. The van der Waals surface area contributed by atoms with Gasteiger partial charge in [0.15, 0.2) is 5.75 Å². The number of rotatable bonds is 3. The first-order chi connectivity index (χ1) is 7.78. The Balaban J connectivity index is 2.14. The molecule has 2 aromatic rings. The average Bonchev–Trinajstić information content (AvgIpc) is 2.30. The molecule has 82 valence electrons. The highest BCUT2D eigenvalue weighted by molar-refractivity contribution is 5.59. The van der Waals surface area contributed by atoms with Gasteiger partial charge in [-0.1, -0.05) is 6.07 Å². The molecular formula is C11H12N4O. The quantitative estimate of drug-likeness (QED) is 0.765. The van der Waals surface area contributed by atoms with Crippen LogP contribution in [-0.4, -0.2) is 17.1 Å². The second kappa shape index (κ2) is 4.48. The molecule has 16 heavy (non-hydrogen) atoms. The van der Waals surface area contributed by atoms with Crippen molar-refractivity contribution in [3.8, 4) is 5.75 Å². The largest absolute Gasteiger partial charge is 0.494 e. The van der Waals surface area contributed by atoms with E-state index in [1.807, 2.05) is 24.3 Å². The van der Waals surface area contributed by atoms with Crippen molar-refractivity contribution < 1.29 is 4.74 Å². The highest BCUT2D eigenvalue weighted by atomic mass is 16.5. The standard InChI is InChI=1S/C11H12N4O/c1-16-10-6-13-11(14-7-10)15-9-4-2-3-8(12)5-9/h2-7H,12H2,1H3,(H,13,14,15). The second-order valence-electron chi connectivity index (χ2n) is 3.20. The molecule has 2 rings (SSSR count). The Morgan fingerprint density at radius 2 is 2.00 bits per heavy atom. The second-order valence-corrected chi connectivity index (χ2v) is 3.20. The lowest BCUT2D eigenvalue weighted by molar-refractivity contribution is 0.411. The van der Waals surface area contributed by atoms with Gasteiger partial charge in [-0.15, -0.1) is 0 Å². The minimum atomic E-state index is 0.506. The van der Waals surface area contributed by atoms with Gasteiger partial charge in [0.1, 0.15) is 0 Å². The lowest BCUT2D eigenvalue weighted by atomic mass is 10.3. The normalized spacial score (nSPS) is 9.81. The monoisotopic (exact) mass is 216 g/mol. The molecule has 0 fully saturated rings.